The largest absolute Gasteiger partial charge is 0.369 e. The fourth-order valence-corrected chi connectivity index (χ4v) is 2.98. The molecular weight excluding hydrogens is 252 g/mol. The molecule has 15 heavy (non-hydrogen) atoms. The molecule has 1 unspecified atom stereocenters. The third kappa shape index (κ3) is 2.11. The molecule has 1 aromatic rings. The summed E-state index contributed by atoms with van der Waals surface area (Å²) in [6.07, 6.45) is 1.08. The first-order valence-corrected chi connectivity index (χ1v) is 6.46. The fourth-order valence-electron chi connectivity index (χ4n) is 2.30. The van der Waals surface area contributed by atoms with E-state index in [0.717, 1.165) is 18.4 Å². The number of alkyl halides is 1. The Labute approximate surface area is 100.0 Å². The molecule has 1 nitrogen and oxygen atoms in total. The predicted molar refractivity (Wildman–Crippen MR) is 66.3 cm³/mol. The van der Waals surface area contributed by atoms with Crippen LogP contribution in [0, 0.1) is 5.41 Å². The lowest BCUT2D eigenvalue weighted by Gasteiger charge is -2.27. The van der Waals surface area contributed by atoms with Gasteiger partial charge in [0.2, 0.25) is 0 Å². The topological polar surface area (TPSA) is 9.23 Å². The summed E-state index contributed by atoms with van der Waals surface area (Å²) in [6.45, 7) is 5.37. The summed E-state index contributed by atoms with van der Waals surface area (Å²) in [6, 6.07) is 10.5. The van der Waals surface area contributed by atoms with Gasteiger partial charge >= 0.3 is 0 Å². The Bertz CT molecular complexity index is 334. The van der Waals surface area contributed by atoms with E-state index in [4.69, 9.17) is 4.74 Å². The summed E-state index contributed by atoms with van der Waals surface area (Å²) >= 11 is 3.60. The predicted octanol–water partition coefficient (Wildman–Crippen LogP) is 3.72. The molecule has 0 aliphatic carbocycles. The van der Waals surface area contributed by atoms with Gasteiger partial charge < -0.3 is 4.74 Å². The van der Waals surface area contributed by atoms with Crippen LogP contribution in [0.1, 0.15) is 25.8 Å². The molecule has 1 atom stereocenters. The first-order valence-electron chi connectivity index (χ1n) is 5.33. The average Bonchev–Trinajstić information content (AvgIpc) is 2.57. The normalized spacial score (nSPS) is 29.3. The molecule has 0 aromatic heterocycles. The zero-order chi connectivity index (χ0) is 10.9. The minimum atomic E-state index is -0.120. The molecule has 1 aliphatic heterocycles. The van der Waals surface area contributed by atoms with E-state index in [1.807, 2.05) is 6.07 Å². The van der Waals surface area contributed by atoms with E-state index in [9.17, 15) is 0 Å². The minimum absolute atomic E-state index is 0.120. The van der Waals surface area contributed by atoms with Gasteiger partial charge in [0.1, 0.15) is 5.60 Å². The van der Waals surface area contributed by atoms with Crippen LogP contribution >= 0.6 is 15.9 Å². The molecule has 1 aromatic carbocycles. The number of hydrogen-bond donors (Lipinski definition) is 0. The number of benzene rings is 1. The van der Waals surface area contributed by atoms with Crippen molar-refractivity contribution in [2.45, 2.75) is 25.9 Å². The number of hydrogen-bond acceptors (Lipinski definition) is 1. The molecule has 1 fully saturated rings. The second-order valence-corrected chi connectivity index (χ2v) is 5.68. The van der Waals surface area contributed by atoms with Crippen molar-refractivity contribution in [2.75, 3.05) is 11.9 Å². The third-order valence-electron chi connectivity index (χ3n) is 3.02. The van der Waals surface area contributed by atoms with Crippen molar-refractivity contribution < 1.29 is 4.74 Å². The van der Waals surface area contributed by atoms with Crippen molar-refractivity contribution in [3.63, 3.8) is 0 Å². The summed E-state index contributed by atoms with van der Waals surface area (Å²) < 4.78 is 6.04. The zero-order valence-corrected chi connectivity index (χ0v) is 10.9. The van der Waals surface area contributed by atoms with Crippen molar-refractivity contribution in [3.8, 4) is 0 Å². The summed E-state index contributed by atoms with van der Waals surface area (Å²) in [7, 11) is 0. The van der Waals surface area contributed by atoms with Gasteiger partial charge in [0, 0.05) is 5.33 Å². The van der Waals surface area contributed by atoms with E-state index in [0.29, 0.717) is 0 Å². The van der Waals surface area contributed by atoms with Crippen LogP contribution in [0.3, 0.4) is 0 Å². The van der Waals surface area contributed by atoms with E-state index in [2.05, 4.69) is 54.0 Å². The van der Waals surface area contributed by atoms with E-state index < -0.39 is 0 Å². The van der Waals surface area contributed by atoms with Gasteiger partial charge in [-0.05, 0) is 17.4 Å². The highest BCUT2D eigenvalue weighted by atomic mass is 79.9. The first-order chi connectivity index (χ1) is 7.08. The van der Waals surface area contributed by atoms with Gasteiger partial charge in [-0.15, -0.1) is 0 Å². The molecule has 1 heterocycles. The summed E-state index contributed by atoms with van der Waals surface area (Å²) in [4.78, 5) is 0. The highest BCUT2D eigenvalue weighted by molar-refractivity contribution is 9.09. The molecule has 1 saturated heterocycles. The summed E-state index contributed by atoms with van der Waals surface area (Å²) in [5.41, 5.74) is 1.45. The first kappa shape index (κ1) is 11.2. The Hall–Kier alpha value is -0.340. The molecule has 2 heteroatoms. The van der Waals surface area contributed by atoms with Crippen LogP contribution in [0.4, 0.5) is 0 Å². The van der Waals surface area contributed by atoms with Crippen LogP contribution < -0.4 is 0 Å². The van der Waals surface area contributed by atoms with Crippen molar-refractivity contribution in [1.82, 2.24) is 0 Å². The summed E-state index contributed by atoms with van der Waals surface area (Å²) in [5, 5.41) is 0.868. The van der Waals surface area contributed by atoms with E-state index in [1.54, 1.807) is 0 Å². The fraction of sp³-hybridized carbons (Fsp3) is 0.538. The standard InChI is InChI=1S/C13H17BrO/c1-12(2)8-13(9-14,15-10-12)11-6-4-3-5-7-11/h3-7H,8-10H2,1-2H3. The van der Waals surface area contributed by atoms with Crippen molar-refractivity contribution in [2.24, 2.45) is 5.41 Å². The van der Waals surface area contributed by atoms with E-state index in [-0.39, 0.29) is 11.0 Å². The van der Waals surface area contributed by atoms with Gasteiger partial charge in [0.15, 0.2) is 0 Å². The number of ether oxygens (including phenoxy) is 1. The van der Waals surface area contributed by atoms with Crippen LogP contribution in [0.15, 0.2) is 30.3 Å². The Morgan fingerprint density at radius 3 is 2.40 bits per heavy atom. The highest BCUT2D eigenvalue weighted by Crippen LogP contribution is 2.46. The Balaban J connectivity index is 2.32. The quantitative estimate of drug-likeness (QED) is 0.743. The zero-order valence-electron chi connectivity index (χ0n) is 9.29. The maximum Gasteiger partial charge on any atom is 0.103 e. The lowest BCUT2D eigenvalue weighted by Crippen LogP contribution is -2.27. The van der Waals surface area contributed by atoms with Gasteiger partial charge in [-0.1, -0.05) is 60.1 Å². The maximum absolute atomic E-state index is 6.04. The molecule has 0 bridgehead atoms. The van der Waals surface area contributed by atoms with Crippen LogP contribution in [0.5, 0.6) is 0 Å². The average molecular weight is 269 g/mol. The third-order valence-corrected chi connectivity index (χ3v) is 3.92. The number of halogens is 1. The molecule has 2 rings (SSSR count). The van der Waals surface area contributed by atoms with E-state index in [1.165, 1.54) is 5.56 Å². The lowest BCUT2D eigenvalue weighted by atomic mass is 9.82. The number of rotatable bonds is 2. The minimum Gasteiger partial charge on any atom is -0.369 e. The van der Waals surface area contributed by atoms with Crippen LogP contribution in [0.25, 0.3) is 0 Å². The molecule has 0 N–H and O–H groups in total. The molecular formula is C13H17BrO. The van der Waals surface area contributed by atoms with Crippen LogP contribution in [0.2, 0.25) is 0 Å². The Morgan fingerprint density at radius 2 is 1.93 bits per heavy atom. The van der Waals surface area contributed by atoms with Gasteiger partial charge in [-0.25, -0.2) is 0 Å². The second kappa shape index (κ2) is 3.91. The SMILES string of the molecule is CC1(C)COC(CBr)(c2ccccc2)C1. The monoisotopic (exact) mass is 268 g/mol. The molecule has 82 valence electrons. The van der Waals surface area contributed by atoms with Crippen molar-refractivity contribution in [3.05, 3.63) is 35.9 Å². The van der Waals surface area contributed by atoms with Gasteiger partial charge in [-0.3, -0.25) is 0 Å². The van der Waals surface area contributed by atoms with Crippen LogP contribution in [-0.2, 0) is 10.3 Å². The van der Waals surface area contributed by atoms with Crippen molar-refractivity contribution in [1.29, 1.82) is 0 Å². The Kier molecular flexibility index (Phi) is 2.91. The molecule has 0 radical (unpaired) electrons. The Morgan fingerprint density at radius 1 is 1.27 bits per heavy atom. The molecule has 1 aliphatic rings. The van der Waals surface area contributed by atoms with Gasteiger partial charge in [0.05, 0.1) is 6.61 Å². The highest BCUT2D eigenvalue weighted by Gasteiger charge is 2.44. The van der Waals surface area contributed by atoms with Crippen LogP contribution in [-0.4, -0.2) is 11.9 Å². The van der Waals surface area contributed by atoms with Gasteiger partial charge in [0.25, 0.3) is 0 Å². The molecule has 0 spiro atoms. The summed E-state index contributed by atoms with van der Waals surface area (Å²) in [5.74, 6) is 0. The van der Waals surface area contributed by atoms with Gasteiger partial charge in [-0.2, -0.15) is 0 Å². The lowest BCUT2D eigenvalue weighted by molar-refractivity contribution is 0.0190. The maximum atomic E-state index is 6.04. The smallest absolute Gasteiger partial charge is 0.103 e. The molecule has 0 amide bonds. The van der Waals surface area contributed by atoms with Crippen molar-refractivity contribution >= 4 is 15.9 Å². The molecule has 0 saturated carbocycles. The second-order valence-electron chi connectivity index (χ2n) is 5.12. The van der Waals surface area contributed by atoms with E-state index >= 15 is 0 Å².